The number of unbranched alkanes of at least 4 members (excludes halogenated alkanes) is 2. The summed E-state index contributed by atoms with van der Waals surface area (Å²) in [7, 11) is 0. The summed E-state index contributed by atoms with van der Waals surface area (Å²) >= 11 is 0. The molecule has 1 aromatic heterocycles. The molecule has 0 atom stereocenters. The van der Waals surface area contributed by atoms with E-state index in [1.165, 1.54) is 25.7 Å². The molecular weight excluding hydrogens is 210 g/mol. The van der Waals surface area contributed by atoms with E-state index in [2.05, 4.69) is 29.8 Å². The van der Waals surface area contributed by atoms with Crippen molar-refractivity contribution in [1.29, 1.82) is 5.26 Å². The molecule has 0 aliphatic rings. The van der Waals surface area contributed by atoms with E-state index < -0.39 is 0 Å². The highest BCUT2D eigenvalue weighted by molar-refractivity contribution is 5.48. The van der Waals surface area contributed by atoms with Crippen molar-refractivity contribution >= 4 is 5.69 Å². The lowest BCUT2D eigenvalue weighted by molar-refractivity contribution is 0.677. The number of anilines is 1. The van der Waals surface area contributed by atoms with E-state index in [4.69, 9.17) is 5.26 Å². The molecule has 0 bridgehead atoms. The summed E-state index contributed by atoms with van der Waals surface area (Å²) in [5.41, 5.74) is 1.62. The zero-order valence-electron chi connectivity index (χ0n) is 10.8. The van der Waals surface area contributed by atoms with Gasteiger partial charge in [0.25, 0.3) is 0 Å². The monoisotopic (exact) mass is 231 g/mol. The molecule has 0 saturated carbocycles. The van der Waals surface area contributed by atoms with Crippen molar-refractivity contribution < 1.29 is 0 Å². The first-order chi connectivity index (χ1) is 8.31. The van der Waals surface area contributed by atoms with Gasteiger partial charge in [-0.3, -0.25) is 0 Å². The van der Waals surface area contributed by atoms with Crippen molar-refractivity contribution in [2.45, 2.75) is 39.5 Å². The number of rotatable bonds is 7. The van der Waals surface area contributed by atoms with Gasteiger partial charge in [0.05, 0.1) is 0 Å². The van der Waals surface area contributed by atoms with Gasteiger partial charge >= 0.3 is 0 Å². The molecule has 1 rings (SSSR count). The van der Waals surface area contributed by atoms with Crippen molar-refractivity contribution in [1.82, 2.24) is 4.98 Å². The molecule has 0 spiro atoms. The lowest BCUT2D eigenvalue weighted by Gasteiger charge is -2.24. The van der Waals surface area contributed by atoms with Crippen molar-refractivity contribution in [3.63, 3.8) is 0 Å². The first-order valence-corrected chi connectivity index (χ1v) is 6.43. The van der Waals surface area contributed by atoms with Gasteiger partial charge in [-0.25, -0.2) is 4.98 Å². The number of nitriles is 1. The number of aromatic nitrogens is 1. The van der Waals surface area contributed by atoms with Crippen LogP contribution in [0.15, 0.2) is 18.3 Å². The molecule has 3 heteroatoms. The van der Waals surface area contributed by atoms with Gasteiger partial charge in [-0.05, 0) is 25.0 Å². The normalized spacial score (nSPS) is 9.94. The fourth-order valence-electron chi connectivity index (χ4n) is 1.75. The molecular formula is C14H21N3. The number of hydrogen-bond donors (Lipinski definition) is 0. The molecule has 0 aliphatic carbocycles. The highest BCUT2D eigenvalue weighted by Crippen LogP contribution is 2.16. The van der Waals surface area contributed by atoms with Crippen LogP contribution in [0.4, 0.5) is 5.69 Å². The average Bonchev–Trinajstić information content (AvgIpc) is 2.39. The molecule has 17 heavy (non-hydrogen) atoms. The van der Waals surface area contributed by atoms with Gasteiger partial charge in [0.15, 0.2) is 0 Å². The van der Waals surface area contributed by atoms with Crippen LogP contribution < -0.4 is 4.90 Å². The van der Waals surface area contributed by atoms with Crippen LogP contribution in [0.1, 0.15) is 45.2 Å². The van der Waals surface area contributed by atoms with E-state index in [1.807, 2.05) is 12.1 Å². The third kappa shape index (κ3) is 4.44. The maximum absolute atomic E-state index is 8.86. The van der Waals surface area contributed by atoms with E-state index in [0.717, 1.165) is 18.8 Å². The van der Waals surface area contributed by atoms with Crippen LogP contribution in [-0.2, 0) is 0 Å². The zero-order valence-corrected chi connectivity index (χ0v) is 10.8. The Kier molecular flexibility index (Phi) is 6.09. The minimum absolute atomic E-state index is 0.500. The smallest absolute Gasteiger partial charge is 0.142 e. The third-order valence-corrected chi connectivity index (χ3v) is 2.79. The van der Waals surface area contributed by atoms with Crippen molar-refractivity contribution in [2.75, 3.05) is 18.0 Å². The Morgan fingerprint density at radius 2 is 1.88 bits per heavy atom. The first-order valence-electron chi connectivity index (χ1n) is 6.43. The van der Waals surface area contributed by atoms with Crippen LogP contribution in [0.3, 0.4) is 0 Å². The summed E-state index contributed by atoms with van der Waals surface area (Å²) < 4.78 is 0. The van der Waals surface area contributed by atoms with Crippen LogP contribution in [-0.4, -0.2) is 18.1 Å². The quantitative estimate of drug-likeness (QED) is 0.722. The molecule has 0 amide bonds. The fourth-order valence-corrected chi connectivity index (χ4v) is 1.75. The molecule has 0 aliphatic heterocycles. The summed E-state index contributed by atoms with van der Waals surface area (Å²) in [5.74, 6) is 0. The molecule has 1 heterocycles. The summed E-state index contributed by atoms with van der Waals surface area (Å²) in [6.07, 6.45) is 6.48. The Morgan fingerprint density at radius 3 is 2.41 bits per heavy atom. The van der Waals surface area contributed by atoms with Crippen molar-refractivity contribution in [3.8, 4) is 6.07 Å². The van der Waals surface area contributed by atoms with Gasteiger partial charge in [-0.15, -0.1) is 0 Å². The average molecular weight is 231 g/mol. The predicted molar refractivity (Wildman–Crippen MR) is 71.0 cm³/mol. The first kappa shape index (κ1) is 13.5. The second-order valence-electron chi connectivity index (χ2n) is 4.21. The standard InChI is InChI=1S/C14H21N3/c1-3-5-9-17(10-6-4-2)14-7-8-16-13(11-14)12-15/h7-8,11H,3-6,9-10H2,1-2H3. The van der Waals surface area contributed by atoms with Gasteiger partial charge in [0, 0.05) is 25.0 Å². The van der Waals surface area contributed by atoms with E-state index in [1.54, 1.807) is 6.20 Å². The van der Waals surface area contributed by atoms with Crippen molar-refractivity contribution in [2.24, 2.45) is 0 Å². The van der Waals surface area contributed by atoms with Gasteiger partial charge in [0.2, 0.25) is 0 Å². The number of hydrogen-bond acceptors (Lipinski definition) is 3. The molecule has 3 nitrogen and oxygen atoms in total. The second-order valence-corrected chi connectivity index (χ2v) is 4.21. The predicted octanol–water partition coefficient (Wildman–Crippen LogP) is 3.36. The minimum atomic E-state index is 0.500. The fraction of sp³-hybridized carbons (Fsp3) is 0.571. The van der Waals surface area contributed by atoms with E-state index in [-0.39, 0.29) is 0 Å². The Labute approximate surface area is 104 Å². The Balaban J connectivity index is 2.75. The van der Waals surface area contributed by atoms with E-state index in [9.17, 15) is 0 Å². The summed E-state index contributed by atoms with van der Waals surface area (Å²) in [4.78, 5) is 6.37. The molecule has 0 radical (unpaired) electrons. The van der Waals surface area contributed by atoms with Crippen LogP contribution >= 0.6 is 0 Å². The van der Waals surface area contributed by atoms with Crippen molar-refractivity contribution in [3.05, 3.63) is 24.0 Å². The summed E-state index contributed by atoms with van der Waals surface area (Å²) in [6, 6.07) is 5.97. The van der Waals surface area contributed by atoms with E-state index >= 15 is 0 Å². The summed E-state index contributed by atoms with van der Waals surface area (Å²) in [5, 5.41) is 8.86. The molecule has 0 N–H and O–H groups in total. The molecule has 0 saturated heterocycles. The SMILES string of the molecule is CCCCN(CCCC)c1ccnc(C#N)c1. The van der Waals surface area contributed by atoms with Gasteiger partial charge in [-0.1, -0.05) is 26.7 Å². The minimum Gasteiger partial charge on any atom is -0.371 e. The van der Waals surface area contributed by atoms with Crippen LogP contribution in [0.25, 0.3) is 0 Å². The Morgan fingerprint density at radius 1 is 1.24 bits per heavy atom. The molecule has 0 unspecified atom stereocenters. The molecule has 1 aromatic rings. The maximum atomic E-state index is 8.86. The van der Waals surface area contributed by atoms with Gasteiger partial charge in [-0.2, -0.15) is 5.26 Å². The van der Waals surface area contributed by atoms with Gasteiger partial charge < -0.3 is 4.90 Å². The van der Waals surface area contributed by atoms with Crippen LogP contribution in [0.2, 0.25) is 0 Å². The zero-order chi connectivity index (χ0) is 12.5. The molecule has 0 aromatic carbocycles. The summed E-state index contributed by atoms with van der Waals surface area (Å²) in [6.45, 7) is 6.52. The molecule has 92 valence electrons. The lowest BCUT2D eigenvalue weighted by Crippen LogP contribution is -2.25. The Bertz CT molecular complexity index is 360. The third-order valence-electron chi connectivity index (χ3n) is 2.79. The molecule has 0 fully saturated rings. The number of nitrogens with zero attached hydrogens (tertiary/aromatic N) is 3. The van der Waals surface area contributed by atoms with Crippen LogP contribution in [0, 0.1) is 11.3 Å². The highest BCUT2D eigenvalue weighted by atomic mass is 15.1. The topological polar surface area (TPSA) is 39.9 Å². The second kappa shape index (κ2) is 7.67. The maximum Gasteiger partial charge on any atom is 0.142 e. The lowest BCUT2D eigenvalue weighted by atomic mass is 10.2. The highest BCUT2D eigenvalue weighted by Gasteiger charge is 2.06. The Hall–Kier alpha value is -1.56. The van der Waals surface area contributed by atoms with Crippen LogP contribution in [0.5, 0.6) is 0 Å². The van der Waals surface area contributed by atoms with Gasteiger partial charge in [0.1, 0.15) is 11.8 Å². The largest absolute Gasteiger partial charge is 0.371 e. The van der Waals surface area contributed by atoms with E-state index in [0.29, 0.717) is 5.69 Å². The number of pyridine rings is 1.